The van der Waals surface area contributed by atoms with Crippen molar-refractivity contribution in [2.45, 2.75) is 57.0 Å². The SMILES string of the molecule is CCC(CN)(Cc1ccccc1)NC1CCCCC1CO. The molecule has 4 N–H and O–H groups in total. The highest BCUT2D eigenvalue weighted by Crippen LogP contribution is 2.27. The van der Waals surface area contributed by atoms with E-state index in [0.717, 1.165) is 25.7 Å². The first kappa shape index (κ1) is 16.5. The summed E-state index contributed by atoms with van der Waals surface area (Å²) in [6.07, 6.45) is 6.74. The molecule has 0 bridgehead atoms. The quantitative estimate of drug-likeness (QED) is 0.723. The molecular weight excluding hydrogens is 260 g/mol. The normalized spacial score (nSPS) is 25.5. The van der Waals surface area contributed by atoms with Crippen LogP contribution in [0, 0.1) is 5.92 Å². The highest BCUT2D eigenvalue weighted by molar-refractivity contribution is 5.18. The molecule has 0 spiro atoms. The van der Waals surface area contributed by atoms with Gasteiger partial charge in [0.25, 0.3) is 0 Å². The minimum absolute atomic E-state index is 0.0588. The standard InChI is InChI=1S/C18H30N2O/c1-2-18(14-19,12-15-8-4-3-5-9-15)20-17-11-7-6-10-16(17)13-21/h3-5,8-9,16-17,20-21H,2,6-7,10-14,19H2,1H3. The van der Waals surface area contributed by atoms with E-state index in [4.69, 9.17) is 5.73 Å². The number of nitrogens with two attached hydrogens (primary N) is 1. The molecule has 1 aliphatic rings. The Labute approximate surface area is 128 Å². The fourth-order valence-electron chi connectivity index (χ4n) is 3.55. The molecule has 1 fully saturated rings. The zero-order valence-electron chi connectivity index (χ0n) is 13.2. The Bertz CT molecular complexity index is 403. The highest BCUT2D eigenvalue weighted by Gasteiger charge is 2.33. The van der Waals surface area contributed by atoms with E-state index in [9.17, 15) is 5.11 Å². The topological polar surface area (TPSA) is 58.3 Å². The Morgan fingerprint density at radius 2 is 1.95 bits per heavy atom. The van der Waals surface area contributed by atoms with Gasteiger partial charge in [-0.3, -0.25) is 0 Å². The summed E-state index contributed by atoms with van der Waals surface area (Å²) in [7, 11) is 0. The monoisotopic (exact) mass is 290 g/mol. The van der Waals surface area contributed by atoms with Crippen LogP contribution in [0.4, 0.5) is 0 Å². The molecule has 0 saturated heterocycles. The van der Waals surface area contributed by atoms with Gasteiger partial charge in [-0.25, -0.2) is 0 Å². The van der Waals surface area contributed by atoms with Crippen LogP contribution in [0.3, 0.4) is 0 Å². The van der Waals surface area contributed by atoms with Crippen LogP contribution in [0.15, 0.2) is 30.3 Å². The van der Waals surface area contributed by atoms with Crippen LogP contribution in [0.1, 0.15) is 44.6 Å². The summed E-state index contributed by atoms with van der Waals surface area (Å²) in [5.41, 5.74) is 7.41. The summed E-state index contributed by atoms with van der Waals surface area (Å²) in [5, 5.41) is 13.5. The molecule has 2 rings (SSSR count). The average Bonchev–Trinajstić information content (AvgIpc) is 2.55. The van der Waals surface area contributed by atoms with Crippen molar-refractivity contribution in [1.82, 2.24) is 5.32 Å². The Balaban J connectivity index is 2.09. The minimum Gasteiger partial charge on any atom is -0.396 e. The molecule has 118 valence electrons. The Morgan fingerprint density at radius 1 is 1.24 bits per heavy atom. The second-order valence-electron chi connectivity index (χ2n) is 6.48. The van der Waals surface area contributed by atoms with Crippen LogP contribution < -0.4 is 11.1 Å². The number of hydrogen-bond acceptors (Lipinski definition) is 3. The maximum absolute atomic E-state index is 9.62. The molecule has 3 unspecified atom stereocenters. The van der Waals surface area contributed by atoms with Crippen LogP contribution in [-0.2, 0) is 6.42 Å². The van der Waals surface area contributed by atoms with Gasteiger partial charge in [-0.1, -0.05) is 50.1 Å². The van der Waals surface area contributed by atoms with Crippen LogP contribution in [-0.4, -0.2) is 29.8 Å². The van der Waals surface area contributed by atoms with Gasteiger partial charge in [-0.05, 0) is 37.2 Å². The maximum Gasteiger partial charge on any atom is 0.0474 e. The summed E-state index contributed by atoms with van der Waals surface area (Å²) < 4.78 is 0. The number of aliphatic hydroxyl groups is 1. The van der Waals surface area contributed by atoms with Crippen molar-refractivity contribution in [2.75, 3.05) is 13.2 Å². The van der Waals surface area contributed by atoms with Crippen LogP contribution in [0.25, 0.3) is 0 Å². The van der Waals surface area contributed by atoms with E-state index < -0.39 is 0 Å². The second kappa shape index (κ2) is 7.92. The summed E-state index contributed by atoms with van der Waals surface area (Å²) in [6.45, 7) is 3.12. The Kier molecular flexibility index (Phi) is 6.22. The lowest BCUT2D eigenvalue weighted by Gasteiger charge is -2.41. The summed E-state index contributed by atoms with van der Waals surface area (Å²) in [5.74, 6) is 0.381. The van der Waals surface area contributed by atoms with Gasteiger partial charge < -0.3 is 16.2 Å². The number of rotatable bonds is 7. The molecular formula is C18H30N2O. The van der Waals surface area contributed by atoms with Crippen molar-refractivity contribution in [3.8, 4) is 0 Å². The first-order chi connectivity index (χ1) is 10.2. The van der Waals surface area contributed by atoms with Gasteiger partial charge in [0, 0.05) is 24.7 Å². The zero-order valence-corrected chi connectivity index (χ0v) is 13.2. The van der Waals surface area contributed by atoms with Gasteiger partial charge in [0.15, 0.2) is 0 Å². The molecule has 0 radical (unpaired) electrons. The lowest BCUT2D eigenvalue weighted by Crippen LogP contribution is -2.58. The van der Waals surface area contributed by atoms with Crippen molar-refractivity contribution in [2.24, 2.45) is 11.7 Å². The fraction of sp³-hybridized carbons (Fsp3) is 0.667. The van der Waals surface area contributed by atoms with E-state index in [0.29, 0.717) is 18.5 Å². The third-order valence-electron chi connectivity index (χ3n) is 5.09. The van der Waals surface area contributed by atoms with Gasteiger partial charge >= 0.3 is 0 Å². The molecule has 0 heterocycles. The molecule has 0 aliphatic heterocycles. The summed E-state index contributed by atoms with van der Waals surface area (Å²) in [6, 6.07) is 11.0. The van der Waals surface area contributed by atoms with E-state index in [2.05, 4.69) is 42.6 Å². The van der Waals surface area contributed by atoms with Crippen molar-refractivity contribution >= 4 is 0 Å². The predicted octanol–water partition coefficient (Wildman–Crippen LogP) is 2.48. The molecule has 0 aromatic heterocycles. The van der Waals surface area contributed by atoms with Crippen molar-refractivity contribution in [1.29, 1.82) is 0 Å². The van der Waals surface area contributed by atoms with E-state index >= 15 is 0 Å². The van der Waals surface area contributed by atoms with Gasteiger partial charge in [-0.15, -0.1) is 0 Å². The predicted molar refractivity (Wildman–Crippen MR) is 88.2 cm³/mol. The average molecular weight is 290 g/mol. The van der Waals surface area contributed by atoms with E-state index in [1.165, 1.54) is 18.4 Å². The molecule has 3 atom stereocenters. The smallest absolute Gasteiger partial charge is 0.0474 e. The Hall–Kier alpha value is -0.900. The molecule has 1 aromatic carbocycles. The Morgan fingerprint density at radius 3 is 2.57 bits per heavy atom. The maximum atomic E-state index is 9.62. The summed E-state index contributed by atoms with van der Waals surface area (Å²) in [4.78, 5) is 0. The number of aliphatic hydroxyl groups excluding tert-OH is 1. The van der Waals surface area contributed by atoms with Gasteiger partial charge in [-0.2, -0.15) is 0 Å². The van der Waals surface area contributed by atoms with Gasteiger partial charge in [0.05, 0.1) is 0 Å². The van der Waals surface area contributed by atoms with E-state index in [1.807, 2.05) is 0 Å². The third kappa shape index (κ3) is 4.29. The first-order valence-corrected chi connectivity index (χ1v) is 8.35. The molecule has 1 aliphatic carbocycles. The molecule has 1 aromatic rings. The van der Waals surface area contributed by atoms with Gasteiger partial charge in [0.2, 0.25) is 0 Å². The lowest BCUT2D eigenvalue weighted by atomic mass is 9.80. The number of benzene rings is 1. The van der Waals surface area contributed by atoms with E-state index in [-0.39, 0.29) is 12.1 Å². The first-order valence-electron chi connectivity index (χ1n) is 8.35. The third-order valence-corrected chi connectivity index (χ3v) is 5.09. The minimum atomic E-state index is -0.0588. The largest absolute Gasteiger partial charge is 0.396 e. The van der Waals surface area contributed by atoms with Crippen molar-refractivity contribution < 1.29 is 5.11 Å². The molecule has 3 heteroatoms. The molecule has 3 nitrogen and oxygen atoms in total. The molecule has 1 saturated carbocycles. The van der Waals surface area contributed by atoms with Crippen molar-refractivity contribution in [3.05, 3.63) is 35.9 Å². The second-order valence-corrected chi connectivity index (χ2v) is 6.48. The van der Waals surface area contributed by atoms with Crippen LogP contribution in [0.5, 0.6) is 0 Å². The van der Waals surface area contributed by atoms with Crippen LogP contribution >= 0.6 is 0 Å². The zero-order chi connectivity index (χ0) is 15.1. The molecule has 0 amide bonds. The van der Waals surface area contributed by atoms with Gasteiger partial charge in [0.1, 0.15) is 0 Å². The number of hydrogen-bond donors (Lipinski definition) is 3. The lowest BCUT2D eigenvalue weighted by molar-refractivity contribution is 0.125. The summed E-state index contributed by atoms with van der Waals surface area (Å²) >= 11 is 0. The number of nitrogens with one attached hydrogen (secondary N) is 1. The van der Waals surface area contributed by atoms with E-state index in [1.54, 1.807) is 0 Å². The molecule has 21 heavy (non-hydrogen) atoms. The fourth-order valence-corrected chi connectivity index (χ4v) is 3.55. The van der Waals surface area contributed by atoms with Crippen molar-refractivity contribution in [3.63, 3.8) is 0 Å². The van der Waals surface area contributed by atoms with Crippen LogP contribution in [0.2, 0.25) is 0 Å². The highest BCUT2D eigenvalue weighted by atomic mass is 16.3.